The number of imidazole rings is 2. The van der Waals surface area contributed by atoms with Gasteiger partial charge in [-0.25, -0.2) is 19.6 Å². The topological polar surface area (TPSA) is 166 Å². The Morgan fingerprint density at radius 3 is 2.00 bits per heavy atom. The SMILES string of the molecule is COC(=O)N[C@@H](C)C(=O)N1CCC[C@H]1c1ncc(-c2ccc(C3=CC=C(c4cnc([C@@H]5CCCN5C(=O)[C@@H]5CCN5C(=O)OC)[nH]4)CC3)cc2)[nH]1. The smallest absolute Gasteiger partial charge is 0.410 e. The second-order valence-corrected chi connectivity index (χ2v) is 13.5. The van der Waals surface area contributed by atoms with Gasteiger partial charge in [0.05, 0.1) is 50.1 Å². The minimum atomic E-state index is -0.697. The van der Waals surface area contributed by atoms with Gasteiger partial charge in [0.15, 0.2) is 0 Å². The molecule has 0 radical (unpaired) electrons. The fourth-order valence-electron chi connectivity index (χ4n) is 7.63. The Morgan fingerprint density at radius 2 is 1.37 bits per heavy atom. The number of hydrogen-bond donors (Lipinski definition) is 3. The van der Waals surface area contributed by atoms with Gasteiger partial charge in [0.25, 0.3) is 0 Å². The third kappa shape index (κ3) is 6.74. The largest absolute Gasteiger partial charge is 0.453 e. The molecule has 0 spiro atoms. The number of methoxy groups -OCH3 is 2. The number of alkyl carbamates (subject to hydrolysis) is 1. The summed E-state index contributed by atoms with van der Waals surface area (Å²) in [5.74, 6) is 1.31. The molecular weight excluding hydrogens is 652 g/mol. The van der Waals surface area contributed by atoms with Crippen LogP contribution in [0.2, 0.25) is 0 Å². The average molecular weight is 697 g/mol. The number of carbonyl (C=O) groups excluding carboxylic acids is 4. The number of hydrogen-bond acceptors (Lipinski definition) is 8. The van der Waals surface area contributed by atoms with Crippen LogP contribution in [-0.2, 0) is 19.1 Å². The van der Waals surface area contributed by atoms with Crippen LogP contribution in [0.4, 0.5) is 9.59 Å². The van der Waals surface area contributed by atoms with E-state index in [2.05, 4.69) is 61.4 Å². The molecule has 4 aliphatic rings. The van der Waals surface area contributed by atoms with Crippen LogP contribution >= 0.6 is 0 Å². The van der Waals surface area contributed by atoms with E-state index in [1.807, 2.05) is 11.1 Å². The predicted octanol–water partition coefficient (Wildman–Crippen LogP) is 4.97. The normalized spacial score (nSPS) is 22.2. The lowest BCUT2D eigenvalue weighted by atomic mass is 9.91. The lowest BCUT2D eigenvalue weighted by Crippen LogP contribution is -2.58. The van der Waals surface area contributed by atoms with E-state index in [4.69, 9.17) is 9.72 Å². The van der Waals surface area contributed by atoms with E-state index in [1.54, 1.807) is 18.0 Å². The first kappa shape index (κ1) is 34.1. The molecule has 0 unspecified atom stereocenters. The number of aromatic amines is 2. The van der Waals surface area contributed by atoms with Gasteiger partial charge in [0, 0.05) is 19.6 Å². The summed E-state index contributed by atoms with van der Waals surface area (Å²) in [4.78, 5) is 71.5. The van der Waals surface area contributed by atoms with Crippen molar-refractivity contribution in [3.63, 3.8) is 0 Å². The molecule has 7 rings (SSSR count). The van der Waals surface area contributed by atoms with Crippen molar-refractivity contribution in [1.82, 2.24) is 40.0 Å². The molecule has 0 saturated carbocycles. The number of nitrogens with zero attached hydrogens (tertiary/aromatic N) is 5. The number of likely N-dealkylation sites (tertiary alicyclic amines) is 3. The van der Waals surface area contributed by atoms with Crippen molar-refractivity contribution in [2.24, 2.45) is 0 Å². The first-order valence-electron chi connectivity index (χ1n) is 17.7. The average Bonchev–Trinajstić information content (AvgIpc) is 3.97. The maximum Gasteiger partial charge on any atom is 0.410 e. The monoisotopic (exact) mass is 696 g/mol. The van der Waals surface area contributed by atoms with E-state index in [9.17, 15) is 19.2 Å². The minimum Gasteiger partial charge on any atom is -0.453 e. The molecular formula is C37H44N8O6. The zero-order valence-electron chi connectivity index (χ0n) is 29.2. The van der Waals surface area contributed by atoms with Crippen molar-refractivity contribution in [2.75, 3.05) is 33.9 Å². The highest BCUT2D eigenvalue weighted by Gasteiger charge is 2.44. The summed E-state index contributed by atoms with van der Waals surface area (Å²) in [6, 6.07) is 6.92. The van der Waals surface area contributed by atoms with E-state index in [-0.39, 0.29) is 23.9 Å². The number of nitrogens with one attached hydrogen (secondary N) is 3. The maximum atomic E-state index is 13.4. The molecule has 4 amide bonds. The molecule has 1 aromatic carbocycles. The molecule has 268 valence electrons. The molecule has 3 saturated heterocycles. The molecule has 0 bridgehead atoms. The first-order chi connectivity index (χ1) is 24.7. The van der Waals surface area contributed by atoms with Gasteiger partial charge in [-0.3, -0.25) is 14.5 Å². The van der Waals surface area contributed by atoms with Gasteiger partial charge >= 0.3 is 12.2 Å². The Balaban J connectivity index is 0.983. The highest BCUT2D eigenvalue weighted by molar-refractivity contribution is 5.88. The van der Waals surface area contributed by atoms with Crippen molar-refractivity contribution in [3.8, 4) is 11.3 Å². The van der Waals surface area contributed by atoms with Crippen LogP contribution in [0.15, 0.2) is 48.8 Å². The molecule has 3 N–H and O–H groups in total. The zero-order chi connectivity index (χ0) is 35.6. The summed E-state index contributed by atoms with van der Waals surface area (Å²) in [5.41, 5.74) is 6.40. The number of allylic oxidation sites excluding steroid dienone is 4. The number of ether oxygens (including phenoxy) is 2. The lowest BCUT2D eigenvalue weighted by molar-refractivity contribution is -0.141. The Labute approximate surface area is 296 Å². The molecule has 3 aliphatic heterocycles. The summed E-state index contributed by atoms with van der Waals surface area (Å²) in [5, 5.41) is 2.56. The molecule has 1 aliphatic carbocycles. The third-order valence-corrected chi connectivity index (χ3v) is 10.6. The first-order valence-corrected chi connectivity index (χ1v) is 17.7. The van der Waals surface area contributed by atoms with E-state index >= 15 is 0 Å². The second kappa shape index (κ2) is 14.4. The van der Waals surface area contributed by atoms with Crippen molar-refractivity contribution in [2.45, 2.75) is 76.0 Å². The molecule has 51 heavy (non-hydrogen) atoms. The number of rotatable bonds is 8. The van der Waals surface area contributed by atoms with Crippen molar-refractivity contribution >= 4 is 35.1 Å². The lowest BCUT2D eigenvalue weighted by Gasteiger charge is -2.41. The van der Waals surface area contributed by atoms with Crippen LogP contribution in [0.3, 0.4) is 0 Å². The van der Waals surface area contributed by atoms with E-state index in [0.717, 1.165) is 72.7 Å². The molecule has 2 aromatic heterocycles. The summed E-state index contributed by atoms with van der Waals surface area (Å²) in [6.45, 7) is 3.45. The van der Waals surface area contributed by atoms with Gasteiger partial charge in [0.2, 0.25) is 11.8 Å². The molecule has 5 heterocycles. The highest BCUT2D eigenvalue weighted by atomic mass is 16.5. The Kier molecular flexibility index (Phi) is 9.65. The van der Waals surface area contributed by atoms with Crippen LogP contribution in [0.1, 0.15) is 86.9 Å². The number of H-pyrrole nitrogens is 2. The van der Waals surface area contributed by atoms with Crippen LogP contribution in [0.25, 0.3) is 22.4 Å². The second-order valence-electron chi connectivity index (χ2n) is 13.5. The number of amides is 4. The van der Waals surface area contributed by atoms with Crippen molar-refractivity contribution in [3.05, 3.63) is 71.7 Å². The zero-order valence-corrected chi connectivity index (χ0v) is 29.2. The Bertz CT molecular complexity index is 1860. The van der Waals surface area contributed by atoms with Crippen LogP contribution < -0.4 is 5.32 Å². The van der Waals surface area contributed by atoms with Crippen LogP contribution in [-0.4, -0.2) is 105 Å². The number of benzene rings is 1. The van der Waals surface area contributed by atoms with E-state index in [0.29, 0.717) is 26.1 Å². The van der Waals surface area contributed by atoms with Crippen LogP contribution in [0.5, 0.6) is 0 Å². The summed E-state index contributed by atoms with van der Waals surface area (Å²) in [7, 11) is 2.61. The summed E-state index contributed by atoms with van der Waals surface area (Å²) in [6.07, 6.45) is 12.6. The Hall–Kier alpha value is -5.40. The summed E-state index contributed by atoms with van der Waals surface area (Å²) < 4.78 is 9.48. The number of carbonyl (C=O) groups is 4. The summed E-state index contributed by atoms with van der Waals surface area (Å²) >= 11 is 0. The molecule has 4 atom stereocenters. The molecule has 14 nitrogen and oxygen atoms in total. The number of aromatic nitrogens is 4. The van der Waals surface area contributed by atoms with E-state index in [1.165, 1.54) is 30.3 Å². The fraction of sp³-hybridized carbons (Fsp3) is 0.459. The third-order valence-electron chi connectivity index (χ3n) is 10.6. The Morgan fingerprint density at radius 1 is 0.765 bits per heavy atom. The molecule has 3 fully saturated rings. The fourth-order valence-corrected chi connectivity index (χ4v) is 7.63. The van der Waals surface area contributed by atoms with Crippen LogP contribution in [0, 0.1) is 0 Å². The maximum absolute atomic E-state index is 13.4. The van der Waals surface area contributed by atoms with Crippen molar-refractivity contribution in [1.29, 1.82) is 0 Å². The van der Waals surface area contributed by atoms with Crippen molar-refractivity contribution < 1.29 is 28.7 Å². The minimum absolute atomic E-state index is 0.0380. The molecule has 3 aromatic rings. The highest BCUT2D eigenvalue weighted by Crippen LogP contribution is 2.37. The van der Waals surface area contributed by atoms with Gasteiger partial charge in [-0.15, -0.1) is 0 Å². The van der Waals surface area contributed by atoms with Gasteiger partial charge in [0.1, 0.15) is 23.7 Å². The standard InChI is InChI=1S/C37H44N8O6/c1-22(40-36(48)50-2)34(46)43-17-4-6-29(43)32-38-20-27(41-32)25-12-8-23(9-13-25)24-10-14-26(15-11-24)28-21-39-33(42-28)30-7-5-18-44(30)35(47)31-16-19-45(31)37(49)51-3/h8-10,12-14,20-22,29-31H,4-7,11,15-19H2,1-3H3,(H,38,41)(H,39,42)(H,40,48)/t22-,29-,30-,31-/m0/s1. The quantitative estimate of drug-likeness (QED) is 0.297. The van der Waals surface area contributed by atoms with Gasteiger partial charge in [-0.1, -0.05) is 36.4 Å². The predicted molar refractivity (Wildman–Crippen MR) is 188 cm³/mol. The molecule has 14 heteroatoms. The van der Waals surface area contributed by atoms with Gasteiger partial charge < -0.3 is 34.6 Å². The van der Waals surface area contributed by atoms with E-state index < -0.39 is 24.3 Å². The van der Waals surface area contributed by atoms with Gasteiger partial charge in [-0.2, -0.15) is 0 Å². The van der Waals surface area contributed by atoms with Gasteiger partial charge in [-0.05, 0) is 74.1 Å².